The number of hydrogen-bond acceptors (Lipinski definition) is 2. The molecule has 3 heterocycles. The molecule has 0 amide bonds. The van der Waals surface area contributed by atoms with Gasteiger partial charge >= 0.3 is 0 Å². The molecule has 0 aliphatic carbocycles. The van der Waals surface area contributed by atoms with Crippen LogP contribution in [-0.4, -0.2) is 19.1 Å². The van der Waals surface area contributed by atoms with Crippen molar-refractivity contribution in [1.82, 2.24) is 19.1 Å². The molecule has 0 radical (unpaired) electrons. The van der Waals surface area contributed by atoms with E-state index < -0.39 is 0 Å². The van der Waals surface area contributed by atoms with E-state index in [-0.39, 0.29) is 0 Å². The van der Waals surface area contributed by atoms with Crippen LogP contribution in [0.5, 0.6) is 0 Å². The lowest BCUT2D eigenvalue weighted by molar-refractivity contribution is 1.16. The Bertz CT molecular complexity index is 4300. The van der Waals surface area contributed by atoms with Crippen molar-refractivity contribution in [2.45, 2.75) is 0 Å². The first-order chi connectivity index (χ1) is 35.6. The maximum absolute atomic E-state index is 7.94. The van der Waals surface area contributed by atoms with E-state index in [0.29, 0.717) is 17.2 Å². The summed E-state index contributed by atoms with van der Waals surface area (Å²) < 4.78 is 4.73. The smallest absolute Gasteiger partial charge is 0.194 e. The molecular formula is C66H40N6. The van der Waals surface area contributed by atoms with Crippen LogP contribution in [0.1, 0.15) is 0 Å². The largest absolute Gasteiger partial charge is 0.309 e. The molecule has 0 saturated carbocycles. The SMILES string of the molecule is [C-]#[N+]c1ccccc1-c1ccc2c(c1)c1ccccc1n2-c1cccc(-c2cc(-c3nc(-c4ccccc4)cc(-c4ccccc4)n3)ccc2-n2c3ccccc3c3cc(-c4ccccc4[N+]#[C-])ccc32)c1. The first-order valence-electron chi connectivity index (χ1n) is 23.9. The van der Waals surface area contributed by atoms with Crippen molar-refractivity contribution in [2.75, 3.05) is 0 Å². The van der Waals surface area contributed by atoms with Crippen molar-refractivity contribution in [3.05, 3.63) is 265 Å². The number of rotatable bonds is 8. The number of nitrogens with zero attached hydrogens (tertiary/aromatic N) is 6. The van der Waals surface area contributed by atoms with Crippen molar-refractivity contribution in [3.8, 4) is 78.7 Å². The van der Waals surface area contributed by atoms with Crippen LogP contribution in [0.15, 0.2) is 243 Å². The van der Waals surface area contributed by atoms with E-state index in [2.05, 4.69) is 177 Å². The number of para-hydroxylation sites is 4. The lowest BCUT2D eigenvalue weighted by Gasteiger charge is -2.18. The maximum Gasteiger partial charge on any atom is 0.194 e. The molecule has 0 unspecified atom stereocenters. The molecule has 72 heavy (non-hydrogen) atoms. The van der Waals surface area contributed by atoms with Gasteiger partial charge in [-0.05, 0) is 101 Å². The van der Waals surface area contributed by atoms with Gasteiger partial charge in [-0.2, -0.15) is 0 Å². The summed E-state index contributed by atoms with van der Waals surface area (Å²) in [6.07, 6.45) is 0. The maximum atomic E-state index is 7.94. The second-order valence-corrected chi connectivity index (χ2v) is 17.9. The Kier molecular flexibility index (Phi) is 10.2. The zero-order chi connectivity index (χ0) is 48.1. The Hall–Kier alpha value is -10.1. The average Bonchev–Trinajstić information content (AvgIpc) is 3.97. The zero-order valence-corrected chi connectivity index (χ0v) is 38.8. The molecule has 0 aliphatic rings. The van der Waals surface area contributed by atoms with E-state index in [4.69, 9.17) is 23.1 Å². The van der Waals surface area contributed by atoms with Crippen LogP contribution in [0.25, 0.3) is 132 Å². The van der Waals surface area contributed by atoms with Gasteiger partial charge < -0.3 is 9.13 Å². The number of hydrogen-bond donors (Lipinski definition) is 0. The molecule has 0 spiro atoms. The van der Waals surface area contributed by atoms with E-state index in [1.807, 2.05) is 84.9 Å². The normalized spacial score (nSPS) is 11.3. The summed E-state index contributed by atoms with van der Waals surface area (Å²) in [4.78, 5) is 18.3. The molecule has 0 atom stereocenters. The number of benzene rings is 10. The molecule has 0 bridgehead atoms. The summed E-state index contributed by atoms with van der Waals surface area (Å²) in [6, 6.07) is 84.0. The van der Waals surface area contributed by atoms with Crippen LogP contribution in [0, 0.1) is 13.1 Å². The molecule has 0 fully saturated rings. The van der Waals surface area contributed by atoms with Crippen molar-refractivity contribution in [3.63, 3.8) is 0 Å². The molecule has 6 heteroatoms. The van der Waals surface area contributed by atoms with Crippen LogP contribution in [-0.2, 0) is 0 Å². The van der Waals surface area contributed by atoms with Crippen molar-refractivity contribution >= 4 is 55.0 Å². The highest BCUT2D eigenvalue weighted by atomic mass is 15.0. The average molecular weight is 917 g/mol. The van der Waals surface area contributed by atoms with Crippen LogP contribution in [0.2, 0.25) is 0 Å². The van der Waals surface area contributed by atoms with Gasteiger partial charge in [0.25, 0.3) is 0 Å². The molecule has 3 aromatic heterocycles. The summed E-state index contributed by atoms with van der Waals surface area (Å²) in [5.41, 5.74) is 18.0. The first kappa shape index (κ1) is 42.0. The van der Waals surface area contributed by atoms with Gasteiger partial charge in [0.1, 0.15) is 0 Å². The van der Waals surface area contributed by atoms with Crippen molar-refractivity contribution in [1.29, 1.82) is 0 Å². The Morgan fingerprint density at radius 3 is 1.35 bits per heavy atom. The molecule has 13 aromatic rings. The van der Waals surface area contributed by atoms with E-state index in [0.717, 1.165) is 116 Å². The minimum absolute atomic E-state index is 0.626. The van der Waals surface area contributed by atoms with E-state index >= 15 is 0 Å². The first-order valence-corrected chi connectivity index (χ1v) is 23.9. The lowest BCUT2D eigenvalue weighted by Crippen LogP contribution is -2.01. The van der Waals surface area contributed by atoms with Gasteiger partial charge in [0.05, 0.1) is 52.3 Å². The minimum Gasteiger partial charge on any atom is -0.309 e. The fourth-order valence-electron chi connectivity index (χ4n) is 10.5. The highest BCUT2D eigenvalue weighted by Gasteiger charge is 2.21. The van der Waals surface area contributed by atoms with E-state index in [1.165, 1.54) is 0 Å². The summed E-state index contributed by atoms with van der Waals surface area (Å²) in [5, 5.41) is 4.47. The third kappa shape index (κ3) is 7.10. The fourth-order valence-corrected chi connectivity index (χ4v) is 10.5. The highest BCUT2D eigenvalue weighted by Crippen LogP contribution is 2.43. The van der Waals surface area contributed by atoms with Gasteiger partial charge in [0, 0.05) is 49.5 Å². The van der Waals surface area contributed by atoms with Crippen LogP contribution >= 0.6 is 0 Å². The molecule has 0 saturated heterocycles. The molecule has 0 N–H and O–H groups in total. The third-order valence-electron chi connectivity index (χ3n) is 13.8. The highest BCUT2D eigenvalue weighted by molar-refractivity contribution is 6.12. The summed E-state index contributed by atoms with van der Waals surface area (Å²) in [5.74, 6) is 0.627. The van der Waals surface area contributed by atoms with E-state index in [1.54, 1.807) is 0 Å². The molecule has 10 aromatic carbocycles. The second kappa shape index (κ2) is 17.4. The van der Waals surface area contributed by atoms with Crippen molar-refractivity contribution < 1.29 is 0 Å². The molecule has 0 aliphatic heterocycles. The molecular weight excluding hydrogens is 877 g/mol. The number of fused-ring (bicyclic) bond motifs is 6. The van der Waals surface area contributed by atoms with Gasteiger partial charge in [-0.1, -0.05) is 170 Å². The molecule has 6 nitrogen and oxygen atoms in total. The fraction of sp³-hybridized carbons (Fsp3) is 0. The van der Waals surface area contributed by atoms with Gasteiger partial charge in [-0.15, -0.1) is 0 Å². The standard InChI is InChI=1S/C66H40N6/c1-67-57-28-13-9-24-50(57)46-32-35-64-55(39-46)52-26-11-15-30-61(52)71(64)49-23-17-22-45(38-49)54-41-48(66-69-59(43-18-5-3-6-19-43)42-60(70-66)44-20-7-4-8-21-44)34-37-63(54)72-62-31-16-12-27-53(62)56-40-47(33-36-65(56)72)51-25-10-14-29-58(51)68-2/h3-42H. The summed E-state index contributed by atoms with van der Waals surface area (Å²) in [6.45, 7) is 15.8. The lowest BCUT2D eigenvalue weighted by atomic mass is 9.98. The predicted molar refractivity (Wildman–Crippen MR) is 296 cm³/mol. The zero-order valence-electron chi connectivity index (χ0n) is 38.8. The Balaban J connectivity index is 1.05. The van der Waals surface area contributed by atoms with Crippen molar-refractivity contribution in [2.24, 2.45) is 0 Å². The topological polar surface area (TPSA) is 44.4 Å². The molecule has 13 rings (SSSR count). The second-order valence-electron chi connectivity index (χ2n) is 17.9. The molecule has 334 valence electrons. The minimum atomic E-state index is 0.626. The Morgan fingerprint density at radius 2 is 0.764 bits per heavy atom. The number of aromatic nitrogens is 4. The van der Waals surface area contributed by atoms with E-state index in [9.17, 15) is 0 Å². The predicted octanol–water partition coefficient (Wildman–Crippen LogP) is 17.8. The van der Waals surface area contributed by atoms with Crippen LogP contribution in [0.4, 0.5) is 11.4 Å². The Morgan fingerprint density at radius 1 is 0.306 bits per heavy atom. The monoisotopic (exact) mass is 916 g/mol. The van der Waals surface area contributed by atoms with Crippen LogP contribution < -0.4 is 0 Å². The third-order valence-corrected chi connectivity index (χ3v) is 13.8. The quantitative estimate of drug-likeness (QED) is 0.143. The van der Waals surface area contributed by atoms with Gasteiger partial charge in [-0.25, -0.2) is 19.7 Å². The van der Waals surface area contributed by atoms with Gasteiger partial charge in [0.2, 0.25) is 0 Å². The summed E-state index contributed by atoms with van der Waals surface area (Å²) in [7, 11) is 0. The summed E-state index contributed by atoms with van der Waals surface area (Å²) >= 11 is 0. The van der Waals surface area contributed by atoms with Gasteiger partial charge in [-0.3, -0.25) is 0 Å². The van der Waals surface area contributed by atoms with Gasteiger partial charge in [0.15, 0.2) is 17.2 Å². The Labute approximate surface area is 416 Å². The van der Waals surface area contributed by atoms with Crippen LogP contribution in [0.3, 0.4) is 0 Å².